The number of hydrogen-bond acceptors (Lipinski definition) is 4. The molecule has 1 N–H and O–H groups in total. The second-order valence-corrected chi connectivity index (χ2v) is 10.2. The maximum Gasteiger partial charge on any atom is 0.339 e. The SMILES string of the molecule is CC(C)OC(=O)c1cc(OCCCCCCCCCCO)c2ccccc2c1-c1cccc2ccccc12. The molecule has 0 unspecified atom stereocenters. The Bertz CT molecular complexity index is 1340. The topological polar surface area (TPSA) is 55.8 Å². The Morgan fingerprint density at radius 3 is 2.05 bits per heavy atom. The van der Waals surface area contributed by atoms with Gasteiger partial charge >= 0.3 is 5.97 Å². The Morgan fingerprint density at radius 2 is 1.34 bits per heavy atom. The Balaban J connectivity index is 1.61. The van der Waals surface area contributed by atoms with Crippen LogP contribution < -0.4 is 4.74 Å². The van der Waals surface area contributed by atoms with Crippen molar-refractivity contribution in [2.75, 3.05) is 13.2 Å². The number of benzene rings is 4. The van der Waals surface area contributed by atoms with Gasteiger partial charge < -0.3 is 14.6 Å². The van der Waals surface area contributed by atoms with Gasteiger partial charge in [0.1, 0.15) is 5.75 Å². The summed E-state index contributed by atoms with van der Waals surface area (Å²) in [4.78, 5) is 13.4. The van der Waals surface area contributed by atoms with Crippen LogP contribution in [0.4, 0.5) is 0 Å². The molecule has 4 aromatic carbocycles. The molecule has 0 fully saturated rings. The summed E-state index contributed by atoms with van der Waals surface area (Å²) >= 11 is 0. The molecule has 4 nitrogen and oxygen atoms in total. The molecule has 0 atom stereocenters. The number of carbonyl (C=O) groups excluding carboxylic acids is 1. The maximum absolute atomic E-state index is 13.4. The largest absolute Gasteiger partial charge is 0.493 e. The van der Waals surface area contributed by atoms with E-state index in [1.807, 2.05) is 50.2 Å². The molecule has 0 aliphatic rings. The zero-order valence-electron chi connectivity index (χ0n) is 22.7. The van der Waals surface area contributed by atoms with Crippen LogP contribution in [0.2, 0.25) is 0 Å². The number of unbranched alkanes of at least 4 members (excludes halogenated alkanes) is 7. The van der Waals surface area contributed by atoms with Gasteiger partial charge in [0.25, 0.3) is 0 Å². The zero-order chi connectivity index (χ0) is 26.7. The van der Waals surface area contributed by atoms with Crippen molar-refractivity contribution < 1.29 is 19.4 Å². The predicted octanol–water partition coefficient (Wildman–Crippen LogP) is 8.72. The number of aliphatic hydroxyl groups is 1. The van der Waals surface area contributed by atoms with Gasteiger partial charge in [-0.2, -0.15) is 0 Å². The molecule has 4 aromatic rings. The molecule has 0 saturated heterocycles. The van der Waals surface area contributed by atoms with E-state index in [9.17, 15) is 4.79 Å². The second-order valence-electron chi connectivity index (χ2n) is 10.2. The number of carbonyl (C=O) groups is 1. The van der Waals surface area contributed by atoms with Crippen molar-refractivity contribution in [2.24, 2.45) is 0 Å². The fourth-order valence-corrected chi connectivity index (χ4v) is 5.09. The van der Waals surface area contributed by atoms with Crippen LogP contribution in [-0.4, -0.2) is 30.4 Å². The van der Waals surface area contributed by atoms with Crippen LogP contribution in [0, 0.1) is 0 Å². The van der Waals surface area contributed by atoms with Gasteiger partial charge in [-0.25, -0.2) is 4.79 Å². The van der Waals surface area contributed by atoms with Crippen molar-refractivity contribution in [3.05, 3.63) is 78.4 Å². The maximum atomic E-state index is 13.4. The summed E-state index contributed by atoms with van der Waals surface area (Å²) in [5.74, 6) is 0.393. The van der Waals surface area contributed by atoms with Crippen LogP contribution >= 0.6 is 0 Å². The van der Waals surface area contributed by atoms with Crippen LogP contribution in [0.25, 0.3) is 32.7 Å². The van der Waals surface area contributed by atoms with Gasteiger partial charge in [-0.05, 0) is 54.5 Å². The van der Waals surface area contributed by atoms with E-state index < -0.39 is 0 Å². The molecule has 0 radical (unpaired) electrons. The third-order valence-corrected chi connectivity index (χ3v) is 6.94. The normalized spacial score (nSPS) is 11.4. The molecule has 0 amide bonds. The van der Waals surface area contributed by atoms with Crippen LogP contribution in [-0.2, 0) is 4.74 Å². The van der Waals surface area contributed by atoms with E-state index in [1.54, 1.807) is 0 Å². The van der Waals surface area contributed by atoms with Crippen LogP contribution in [0.1, 0.15) is 75.6 Å². The van der Waals surface area contributed by atoms with Crippen molar-refractivity contribution in [3.63, 3.8) is 0 Å². The van der Waals surface area contributed by atoms with Gasteiger partial charge in [0.05, 0.1) is 18.3 Å². The molecule has 4 rings (SSSR count). The molecular formula is C34H40O4. The van der Waals surface area contributed by atoms with Gasteiger partial charge in [0.2, 0.25) is 0 Å². The molecule has 0 bridgehead atoms. The fraction of sp³-hybridized carbons (Fsp3) is 0.382. The smallest absolute Gasteiger partial charge is 0.339 e. The highest BCUT2D eigenvalue weighted by molar-refractivity contribution is 6.14. The molecule has 0 spiro atoms. The van der Waals surface area contributed by atoms with Gasteiger partial charge in [-0.3, -0.25) is 0 Å². The van der Waals surface area contributed by atoms with Crippen LogP contribution in [0.3, 0.4) is 0 Å². The van der Waals surface area contributed by atoms with Gasteiger partial charge in [0.15, 0.2) is 0 Å². The lowest BCUT2D eigenvalue weighted by atomic mass is 9.89. The number of esters is 1. The Labute approximate surface area is 226 Å². The molecular weight excluding hydrogens is 472 g/mol. The van der Waals surface area contributed by atoms with Gasteiger partial charge in [0, 0.05) is 17.6 Å². The van der Waals surface area contributed by atoms with E-state index in [0.717, 1.165) is 64.1 Å². The Morgan fingerprint density at radius 1 is 0.737 bits per heavy atom. The highest BCUT2D eigenvalue weighted by atomic mass is 16.5. The van der Waals surface area contributed by atoms with E-state index >= 15 is 0 Å². The quantitative estimate of drug-likeness (QED) is 0.136. The average Bonchev–Trinajstić information content (AvgIpc) is 2.93. The van der Waals surface area contributed by atoms with E-state index in [1.165, 1.54) is 25.7 Å². The fourth-order valence-electron chi connectivity index (χ4n) is 5.09. The standard InChI is InChI=1S/C34H40O4/c1-25(2)38-34(36)31-24-32(37-23-14-8-6-4-3-5-7-13-22-35)28-19-11-12-20-30(28)33(31)29-21-15-17-26-16-9-10-18-27(26)29/h9-12,15-21,24-25,35H,3-8,13-14,22-23H2,1-2H3. The first kappa shape index (κ1) is 27.7. The molecule has 38 heavy (non-hydrogen) atoms. The summed E-state index contributed by atoms with van der Waals surface area (Å²) in [7, 11) is 0. The highest BCUT2D eigenvalue weighted by Gasteiger charge is 2.22. The summed E-state index contributed by atoms with van der Waals surface area (Å²) in [6.07, 6.45) is 8.73. The summed E-state index contributed by atoms with van der Waals surface area (Å²) in [6, 6.07) is 24.6. The third kappa shape index (κ3) is 6.93. The predicted molar refractivity (Wildman–Crippen MR) is 157 cm³/mol. The summed E-state index contributed by atoms with van der Waals surface area (Å²) in [5.41, 5.74) is 2.43. The van der Waals surface area contributed by atoms with Crippen LogP contribution in [0.15, 0.2) is 72.8 Å². The van der Waals surface area contributed by atoms with E-state index in [4.69, 9.17) is 14.6 Å². The summed E-state index contributed by atoms with van der Waals surface area (Å²) < 4.78 is 12.0. The average molecular weight is 513 g/mol. The van der Waals surface area contributed by atoms with Crippen molar-refractivity contribution in [2.45, 2.75) is 71.3 Å². The van der Waals surface area contributed by atoms with Gasteiger partial charge in [-0.15, -0.1) is 0 Å². The van der Waals surface area contributed by atoms with Crippen LogP contribution in [0.5, 0.6) is 5.75 Å². The number of ether oxygens (including phenoxy) is 2. The second kappa shape index (κ2) is 14.0. The summed E-state index contributed by atoms with van der Waals surface area (Å²) in [6.45, 7) is 4.66. The molecule has 200 valence electrons. The number of hydrogen-bond donors (Lipinski definition) is 1. The minimum Gasteiger partial charge on any atom is -0.493 e. The van der Waals surface area contributed by atoms with Crippen molar-refractivity contribution >= 4 is 27.5 Å². The third-order valence-electron chi connectivity index (χ3n) is 6.94. The highest BCUT2D eigenvalue weighted by Crippen LogP contribution is 2.41. The van der Waals surface area contributed by atoms with E-state index in [2.05, 4.69) is 36.4 Å². The first-order valence-corrected chi connectivity index (χ1v) is 14.1. The monoisotopic (exact) mass is 512 g/mol. The first-order chi connectivity index (χ1) is 18.6. The number of fused-ring (bicyclic) bond motifs is 2. The lowest BCUT2D eigenvalue weighted by molar-refractivity contribution is 0.0378. The molecule has 0 heterocycles. The minimum absolute atomic E-state index is 0.220. The minimum atomic E-state index is -0.334. The first-order valence-electron chi connectivity index (χ1n) is 14.1. The number of aliphatic hydroxyl groups excluding tert-OH is 1. The molecule has 0 aromatic heterocycles. The Hall–Kier alpha value is -3.37. The van der Waals surface area contributed by atoms with Gasteiger partial charge in [-0.1, -0.05) is 105 Å². The van der Waals surface area contributed by atoms with E-state index in [-0.39, 0.29) is 12.1 Å². The molecule has 0 saturated carbocycles. The lowest BCUT2D eigenvalue weighted by Crippen LogP contribution is -2.13. The molecule has 0 aliphatic carbocycles. The van der Waals surface area contributed by atoms with Crippen molar-refractivity contribution in [1.82, 2.24) is 0 Å². The number of rotatable bonds is 14. The van der Waals surface area contributed by atoms with Crippen molar-refractivity contribution in [3.8, 4) is 16.9 Å². The zero-order valence-corrected chi connectivity index (χ0v) is 22.7. The van der Waals surface area contributed by atoms with Crippen molar-refractivity contribution in [1.29, 1.82) is 0 Å². The molecule has 0 aliphatic heterocycles. The Kier molecular flexibility index (Phi) is 10.2. The molecule has 4 heteroatoms. The lowest BCUT2D eigenvalue weighted by Gasteiger charge is -2.19. The van der Waals surface area contributed by atoms with E-state index in [0.29, 0.717) is 18.8 Å². The summed E-state index contributed by atoms with van der Waals surface area (Å²) in [5, 5.41) is 13.1.